The second-order valence-corrected chi connectivity index (χ2v) is 5.88. The molecule has 0 radical (unpaired) electrons. The highest BCUT2D eigenvalue weighted by atomic mass is 35.5. The third-order valence-electron chi connectivity index (χ3n) is 3.70. The maximum Gasteiger partial charge on any atom is 0.0660 e. The molecule has 2 heterocycles. The van der Waals surface area contributed by atoms with Crippen LogP contribution in [0.2, 0.25) is 5.02 Å². The Hall–Kier alpha value is -1.94. The molecular formula is C18H23ClN4. The minimum atomic E-state index is 0.482. The van der Waals surface area contributed by atoms with Crippen LogP contribution in [0.25, 0.3) is 0 Å². The number of aryl methyl sites for hydroxylation is 1. The van der Waals surface area contributed by atoms with Gasteiger partial charge in [0.05, 0.1) is 22.1 Å². The fourth-order valence-corrected chi connectivity index (χ4v) is 2.64. The van der Waals surface area contributed by atoms with Crippen molar-refractivity contribution in [3.8, 4) is 0 Å². The summed E-state index contributed by atoms with van der Waals surface area (Å²) in [6.45, 7) is 4.82. The van der Waals surface area contributed by atoms with Crippen molar-refractivity contribution in [3.05, 3.63) is 52.6 Å². The summed E-state index contributed by atoms with van der Waals surface area (Å²) in [6, 6.07) is 1.96. The van der Waals surface area contributed by atoms with Crippen LogP contribution in [-0.4, -0.2) is 16.4 Å². The minimum absolute atomic E-state index is 0.482. The maximum absolute atomic E-state index is 7.98. The van der Waals surface area contributed by atoms with E-state index in [2.05, 4.69) is 22.2 Å². The maximum atomic E-state index is 7.98. The molecule has 0 saturated carbocycles. The van der Waals surface area contributed by atoms with Crippen molar-refractivity contribution in [2.75, 3.05) is 0 Å². The van der Waals surface area contributed by atoms with Crippen LogP contribution in [0.4, 0.5) is 0 Å². The molecular weight excluding hydrogens is 308 g/mol. The highest BCUT2D eigenvalue weighted by molar-refractivity contribution is 6.31. The van der Waals surface area contributed by atoms with Gasteiger partial charge in [-0.3, -0.25) is 9.98 Å². The molecule has 1 aliphatic rings. The monoisotopic (exact) mass is 330 g/mol. The van der Waals surface area contributed by atoms with E-state index in [0.717, 1.165) is 53.2 Å². The molecule has 4 nitrogen and oxygen atoms in total. The number of hydrogen-bond acceptors (Lipinski definition) is 4. The summed E-state index contributed by atoms with van der Waals surface area (Å²) in [4.78, 5) is 8.77. The first-order valence-electron chi connectivity index (χ1n) is 8.05. The molecule has 5 heteroatoms. The van der Waals surface area contributed by atoms with Crippen molar-refractivity contribution in [1.29, 1.82) is 5.41 Å². The lowest BCUT2D eigenvalue weighted by Crippen LogP contribution is -2.17. The zero-order chi connectivity index (χ0) is 16.7. The van der Waals surface area contributed by atoms with Crippen molar-refractivity contribution < 1.29 is 0 Å². The molecule has 2 rings (SSSR count). The van der Waals surface area contributed by atoms with E-state index < -0.39 is 0 Å². The Balaban J connectivity index is 1.99. The Kier molecular flexibility index (Phi) is 6.53. The molecule has 0 amide bonds. The topological polar surface area (TPSA) is 61.1 Å². The van der Waals surface area contributed by atoms with Crippen molar-refractivity contribution >= 4 is 23.0 Å². The van der Waals surface area contributed by atoms with Crippen LogP contribution in [0, 0.1) is 5.41 Å². The van der Waals surface area contributed by atoms with E-state index in [1.54, 1.807) is 12.3 Å². The van der Waals surface area contributed by atoms with Gasteiger partial charge in [0.15, 0.2) is 0 Å². The molecule has 1 aliphatic heterocycles. The number of nitrogens with one attached hydrogen (secondary N) is 2. The van der Waals surface area contributed by atoms with E-state index in [0.29, 0.717) is 12.3 Å². The summed E-state index contributed by atoms with van der Waals surface area (Å²) in [5.41, 5.74) is 4.25. The number of unbranched alkanes of at least 4 members (excludes halogenated alkanes) is 1. The Morgan fingerprint density at radius 2 is 2.17 bits per heavy atom. The van der Waals surface area contributed by atoms with Crippen LogP contribution in [0.5, 0.6) is 0 Å². The molecule has 2 N–H and O–H groups in total. The molecule has 1 aromatic heterocycles. The van der Waals surface area contributed by atoms with Gasteiger partial charge in [-0.1, -0.05) is 31.9 Å². The van der Waals surface area contributed by atoms with E-state index in [1.165, 1.54) is 0 Å². The summed E-state index contributed by atoms with van der Waals surface area (Å²) in [5, 5.41) is 12.0. The average Bonchev–Trinajstić information content (AvgIpc) is 2.55. The highest BCUT2D eigenvalue weighted by Gasteiger charge is 2.11. The average molecular weight is 331 g/mol. The quantitative estimate of drug-likeness (QED) is 0.775. The fourth-order valence-electron chi connectivity index (χ4n) is 2.36. The third-order valence-corrected chi connectivity index (χ3v) is 4.03. The Bertz CT molecular complexity index is 659. The first kappa shape index (κ1) is 17.4. The van der Waals surface area contributed by atoms with Gasteiger partial charge in [0.2, 0.25) is 0 Å². The van der Waals surface area contributed by atoms with Crippen LogP contribution >= 0.6 is 11.6 Å². The number of aliphatic imine (C=N–C) groups is 1. The number of allylic oxidation sites excluding steroid dienone is 2. The number of halogens is 1. The Morgan fingerprint density at radius 3 is 2.87 bits per heavy atom. The smallest absolute Gasteiger partial charge is 0.0660 e. The molecule has 122 valence electrons. The SMILES string of the molecule is CCCCc1ncc(CN/C=C2\C(=N)C=CN=C2CC)cc1Cl. The summed E-state index contributed by atoms with van der Waals surface area (Å²) in [6.07, 6.45) is 11.1. The second kappa shape index (κ2) is 8.63. The van der Waals surface area contributed by atoms with E-state index in [9.17, 15) is 0 Å². The van der Waals surface area contributed by atoms with Gasteiger partial charge in [-0.05, 0) is 37.0 Å². The van der Waals surface area contributed by atoms with Crippen LogP contribution in [0.15, 0.2) is 41.3 Å². The molecule has 0 atom stereocenters. The van der Waals surface area contributed by atoms with Crippen molar-refractivity contribution in [1.82, 2.24) is 10.3 Å². The molecule has 23 heavy (non-hydrogen) atoms. The van der Waals surface area contributed by atoms with E-state index in [-0.39, 0.29) is 0 Å². The predicted octanol–water partition coefficient (Wildman–Crippen LogP) is 4.45. The Morgan fingerprint density at radius 1 is 1.35 bits per heavy atom. The van der Waals surface area contributed by atoms with Gasteiger partial charge in [0.25, 0.3) is 0 Å². The lowest BCUT2D eigenvalue weighted by molar-refractivity contribution is 0.772. The van der Waals surface area contributed by atoms with Crippen molar-refractivity contribution in [2.45, 2.75) is 46.1 Å². The van der Waals surface area contributed by atoms with Crippen LogP contribution in [-0.2, 0) is 13.0 Å². The van der Waals surface area contributed by atoms with Gasteiger partial charge >= 0.3 is 0 Å². The molecule has 0 fully saturated rings. The number of pyridine rings is 1. The predicted molar refractivity (Wildman–Crippen MR) is 97.4 cm³/mol. The summed E-state index contributed by atoms with van der Waals surface area (Å²) >= 11 is 6.29. The van der Waals surface area contributed by atoms with Crippen LogP contribution in [0.1, 0.15) is 44.4 Å². The number of nitrogens with zero attached hydrogens (tertiary/aromatic N) is 2. The van der Waals surface area contributed by atoms with Gasteiger partial charge in [-0.15, -0.1) is 0 Å². The molecule has 1 aromatic rings. The molecule has 0 aromatic carbocycles. The van der Waals surface area contributed by atoms with Gasteiger partial charge < -0.3 is 10.7 Å². The normalized spacial score (nSPS) is 15.9. The summed E-state index contributed by atoms with van der Waals surface area (Å²) in [7, 11) is 0. The van der Waals surface area contributed by atoms with Gasteiger partial charge in [0, 0.05) is 30.7 Å². The number of hydrogen-bond donors (Lipinski definition) is 2. The Labute approximate surface area is 142 Å². The highest BCUT2D eigenvalue weighted by Crippen LogP contribution is 2.17. The molecule has 0 spiro atoms. The fraction of sp³-hybridized carbons (Fsp3) is 0.389. The summed E-state index contributed by atoms with van der Waals surface area (Å²) in [5.74, 6) is 0. The lowest BCUT2D eigenvalue weighted by Gasteiger charge is -2.12. The molecule has 0 unspecified atom stereocenters. The van der Waals surface area contributed by atoms with Crippen molar-refractivity contribution in [3.63, 3.8) is 0 Å². The minimum Gasteiger partial charge on any atom is -0.386 e. The lowest BCUT2D eigenvalue weighted by atomic mass is 10.0. The van der Waals surface area contributed by atoms with Gasteiger partial charge in [-0.25, -0.2) is 0 Å². The first-order chi connectivity index (χ1) is 11.2. The van der Waals surface area contributed by atoms with Gasteiger partial charge in [-0.2, -0.15) is 0 Å². The first-order valence-corrected chi connectivity index (χ1v) is 8.42. The second-order valence-electron chi connectivity index (χ2n) is 5.47. The van der Waals surface area contributed by atoms with E-state index >= 15 is 0 Å². The zero-order valence-electron chi connectivity index (χ0n) is 13.7. The largest absolute Gasteiger partial charge is 0.386 e. The van der Waals surface area contributed by atoms with Crippen LogP contribution < -0.4 is 5.32 Å². The molecule has 0 bridgehead atoms. The molecule has 0 aliphatic carbocycles. The zero-order valence-corrected chi connectivity index (χ0v) is 14.5. The summed E-state index contributed by atoms with van der Waals surface area (Å²) < 4.78 is 0. The third kappa shape index (κ3) is 4.76. The number of rotatable bonds is 7. The van der Waals surface area contributed by atoms with E-state index in [1.807, 2.05) is 25.4 Å². The standard InChI is InChI=1S/C18H23ClN4/c1-3-5-6-18-15(19)9-13(11-23-18)10-21-12-14-16(20)7-8-22-17(14)4-2/h7-9,11-12,20-21H,3-6,10H2,1-2H3/b14-12+,20-16?. The van der Waals surface area contributed by atoms with Gasteiger partial charge in [0.1, 0.15) is 0 Å². The van der Waals surface area contributed by atoms with Crippen molar-refractivity contribution in [2.24, 2.45) is 4.99 Å². The van der Waals surface area contributed by atoms with Crippen LogP contribution in [0.3, 0.4) is 0 Å². The van der Waals surface area contributed by atoms with E-state index in [4.69, 9.17) is 17.0 Å². The molecule has 0 saturated heterocycles. The number of aromatic nitrogens is 1.